The predicted molar refractivity (Wildman–Crippen MR) is 34.6 cm³/mol. The van der Waals surface area contributed by atoms with Gasteiger partial charge in [0.1, 0.15) is 0 Å². The molecule has 1 N–H and O–H groups in total. The van der Waals surface area contributed by atoms with Crippen LogP contribution in [0, 0.1) is 0 Å². The Labute approximate surface area is 122 Å². The molecule has 0 fully saturated rings. The minimum absolute atomic E-state index is 0. The molecule has 0 bridgehead atoms. The van der Waals surface area contributed by atoms with E-state index in [1.165, 1.54) is 0 Å². The van der Waals surface area contributed by atoms with Crippen molar-refractivity contribution >= 4 is 31.8 Å². The van der Waals surface area contributed by atoms with Crippen molar-refractivity contribution in [3.8, 4) is 0 Å². The molecule has 0 amide bonds. The standard InChI is InChI=1S/HO12S3.2Rh/c1-8-14(4,5)11-12-15(6,7)10-9-13(2)3;;/h1H;;/q-1;;. The fourth-order valence-corrected chi connectivity index (χ4v) is 1.19. The van der Waals surface area contributed by atoms with Crippen LogP contribution in [0.15, 0.2) is 0 Å². The molecule has 0 saturated heterocycles. The quantitative estimate of drug-likeness (QED) is 0.180. The van der Waals surface area contributed by atoms with Crippen molar-refractivity contribution in [1.29, 1.82) is 0 Å². The van der Waals surface area contributed by atoms with Gasteiger partial charge in [-0.2, -0.15) is 16.8 Å². The molecule has 0 heterocycles. The van der Waals surface area contributed by atoms with Gasteiger partial charge in [0.05, 0.1) is 11.0 Å². The largest absolute Gasteiger partial charge is 0.454 e. The number of hydrogen-bond acceptors (Lipinski definition) is 13. The number of hydrogen-bond donors (Lipinski definition) is 1. The van der Waals surface area contributed by atoms with Crippen molar-refractivity contribution in [2.45, 2.75) is 0 Å². The Morgan fingerprint density at radius 2 is 1.24 bits per heavy atom. The third kappa shape index (κ3) is 13.1. The maximum absolute atomic E-state index is 10.3. The van der Waals surface area contributed by atoms with Crippen LogP contribution < -0.4 is 0 Å². The Morgan fingerprint density at radius 3 is 1.59 bits per heavy atom. The molecule has 0 saturated carbocycles. The molecular weight excluding hydrogens is 494 g/mol. The summed E-state index contributed by atoms with van der Waals surface area (Å²) in [5.41, 5.74) is 0. The molecule has 110 valence electrons. The van der Waals surface area contributed by atoms with Gasteiger partial charge in [0.2, 0.25) is 0 Å². The van der Waals surface area contributed by atoms with Gasteiger partial charge in [-0.3, -0.25) is 4.33 Å². The van der Waals surface area contributed by atoms with Gasteiger partial charge in [-0.05, 0) is 0 Å². The average molecular weight is 495 g/mol. The topological polar surface area (TPSA) is 169 Å². The van der Waals surface area contributed by atoms with Crippen LogP contribution in [0.2, 0.25) is 0 Å². The maximum Gasteiger partial charge on any atom is 0.454 e. The Hall–Kier alpha value is 0.857. The zero-order valence-electron chi connectivity index (χ0n) is 6.83. The van der Waals surface area contributed by atoms with Crippen molar-refractivity contribution in [1.82, 2.24) is 0 Å². The SMILES string of the molecule is O=[S-](=O)OOS(=O)(=O)OOS(=O)(=O)OO.[Rh].[Rh]. The van der Waals surface area contributed by atoms with Crippen LogP contribution >= 0.6 is 0 Å². The van der Waals surface area contributed by atoms with Gasteiger partial charge in [0.15, 0.2) is 0 Å². The van der Waals surface area contributed by atoms with Gasteiger partial charge in [-0.15, -0.1) is 0 Å². The summed E-state index contributed by atoms with van der Waals surface area (Å²) in [4.78, 5) is 0. The fourth-order valence-electron chi connectivity index (χ4n) is 0.149. The molecule has 17 heavy (non-hydrogen) atoms. The normalized spacial score (nSPS) is 11.6. The van der Waals surface area contributed by atoms with E-state index in [1.54, 1.807) is 0 Å². The van der Waals surface area contributed by atoms with Crippen molar-refractivity contribution in [2.24, 2.45) is 0 Å². The van der Waals surface area contributed by atoms with E-state index in [2.05, 4.69) is 21.7 Å². The first-order valence-electron chi connectivity index (χ1n) is 2.35. The van der Waals surface area contributed by atoms with Crippen LogP contribution in [0.3, 0.4) is 0 Å². The van der Waals surface area contributed by atoms with E-state index in [0.717, 1.165) is 0 Å². The summed E-state index contributed by atoms with van der Waals surface area (Å²) in [5.74, 6) is 0. The monoisotopic (exact) mass is 495 g/mol. The maximum atomic E-state index is 10.3. The summed E-state index contributed by atoms with van der Waals surface area (Å²) < 4.78 is 74.7. The Morgan fingerprint density at radius 1 is 0.824 bits per heavy atom. The van der Waals surface area contributed by atoms with Gasteiger partial charge < -0.3 is 8.42 Å². The summed E-state index contributed by atoms with van der Waals surface area (Å²) in [6.45, 7) is 0. The number of rotatable bonds is 7. The first-order valence-corrected chi connectivity index (χ1v) is 6.02. The van der Waals surface area contributed by atoms with Crippen molar-refractivity contribution in [3.63, 3.8) is 0 Å². The first-order chi connectivity index (χ1) is 6.68. The Kier molecular flexibility index (Phi) is 13.2. The molecule has 0 spiro atoms. The van der Waals surface area contributed by atoms with Crippen molar-refractivity contribution in [2.75, 3.05) is 0 Å². The first kappa shape index (κ1) is 23.0. The van der Waals surface area contributed by atoms with E-state index in [1.807, 2.05) is 0 Å². The Bertz CT molecular complexity index is 444. The third-order valence-electron chi connectivity index (χ3n) is 0.452. The second kappa shape index (κ2) is 9.74. The predicted octanol–water partition coefficient (Wildman–Crippen LogP) is -1.92. The van der Waals surface area contributed by atoms with Crippen LogP contribution in [0.5, 0.6) is 0 Å². The summed E-state index contributed by atoms with van der Waals surface area (Å²) in [6.07, 6.45) is 0. The van der Waals surface area contributed by atoms with Gasteiger partial charge >= 0.3 is 20.8 Å². The summed E-state index contributed by atoms with van der Waals surface area (Å²) in [6, 6.07) is 0. The second-order valence-corrected chi connectivity index (χ2v) is 4.10. The minimum Gasteiger partial charge on any atom is -0.394 e. The molecule has 0 aromatic heterocycles. The zero-order chi connectivity index (χ0) is 12.1. The van der Waals surface area contributed by atoms with Gasteiger partial charge in [-0.25, -0.2) is 5.26 Å². The molecule has 2 radical (unpaired) electrons. The van der Waals surface area contributed by atoms with E-state index in [-0.39, 0.29) is 39.0 Å². The molecule has 17 heteroatoms. The molecule has 12 nitrogen and oxygen atoms in total. The average Bonchev–Trinajstić information content (AvgIpc) is 2.13. The van der Waals surface area contributed by atoms with Crippen LogP contribution in [0.25, 0.3) is 0 Å². The second-order valence-electron chi connectivity index (χ2n) is 1.37. The molecule has 0 aromatic rings. The van der Waals surface area contributed by atoms with Crippen molar-refractivity contribution < 1.29 is 91.1 Å². The van der Waals surface area contributed by atoms with E-state index >= 15 is 0 Å². The van der Waals surface area contributed by atoms with E-state index < -0.39 is 31.8 Å². The third-order valence-corrected chi connectivity index (χ3v) is 1.69. The van der Waals surface area contributed by atoms with E-state index in [0.29, 0.717) is 0 Å². The van der Waals surface area contributed by atoms with Gasteiger partial charge in [0, 0.05) is 39.0 Å². The zero-order valence-corrected chi connectivity index (χ0v) is 12.6. The molecule has 0 aliphatic rings. The summed E-state index contributed by atoms with van der Waals surface area (Å²) in [5, 5.41) is 7.55. The summed E-state index contributed by atoms with van der Waals surface area (Å²) >= 11 is 0. The van der Waals surface area contributed by atoms with E-state index in [4.69, 9.17) is 5.26 Å². The van der Waals surface area contributed by atoms with Crippen LogP contribution in [0.1, 0.15) is 0 Å². The molecule has 0 rings (SSSR count). The molecule has 0 aliphatic carbocycles. The van der Waals surface area contributed by atoms with Gasteiger partial charge in [-0.1, -0.05) is 17.3 Å². The van der Waals surface area contributed by atoms with Crippen LogP contribution in [0.4, 0.5) is 0 Å². The summed E-state index contributed by atoms with van der Waals surface area (Å²) in [7, 11) is -13.7. The smallest absolute Gasteiger partial charge is 0.394 e. The minimum atomic E-state index is -5.23. The molecule has 0 aliphatic heterocycles. The fraction of sp³-hybridized carbons (Fsp3) is 0. The molecule has 0 aromatic carbocycles. The molecule has 0 unspecified atom stereocenters. The van der Waals surface area contributed by atoms with Gasteiger partial charge in [0.25, 0.3) is 0 Å². The molecular formula is HO12Rh2S3-. The Balaban J connectivity index is -0.000000980. The van der Waals surface area contributed by atoms with Crippen LogP contribution in [-0.2, 0) is 101 Å². The van der Waals surface area contributed by atoms with Crippen LogP contribution in [-0.4, -0.2) is 22.1 Å². The van der Waals surface area contributed by atoms with Crippen molar-refractivity contribution in [3.05, 3.63) is 0 Å². The molecule has 0 atom stereocenters. The van der Waals surface area contributed by atoms with E-state index in [9.17, 15) is 25.3 Å².